The Morgan fingerprint density at radius 1 is 1.33 bits per heavy atom. The van der Waals surface area contributed by atoms with Crippen LogP contribution in [-0.2, 0) is 4.79 Å². The van der Waals surface area contributed by atoms with Gasteiger partial charge in [0.25, 0.3) is 5.91 Å². The van der Waals surface area contributed by atoms with Crippen molar-refractivity contribution in [3.8, 4) is 5.75 Å². The maximum Gasteiger partial charge on any atom is 0.262 e. The molecule has 18 heavy (non-hydrogen) atoms. The van der Waals surface area contributed by atoms with Gasteiger partial charge in [0, 0.05) is 19.7 Å². The van der Waals surface area contributed by atoms with E-state index in [2.05, 4.69) is 0 Å². The SMILES string of the molecule is Cc1ccc(OC(C)C(=O)N(C)C)c(C(C)O)c1. The summed E-state index contributed by atoms with van der Waals surface area (Å²) in [5.74, 6) is 0.449. The number of carbonyl (C=O) groups is 1. The highest BCUT2D eigenvalue weighted by molar-refractivity contribution is 5.80. The van der Waals surface area contributed by atoms with E-state index in [1.165, 1.54) is 4.90 Å². The Morgan fingerprint density at radius 2 is 1.94 bits per heavy atom. The lowest BCUT2D eigenvalue weighted by Gasteiger charge is -2.21. The molecule has 4 nitrogen and oxygen atoms in total. The van der Waals surface area contributed by atoms with E-state index >= 15 is 0 Å². The number of likely N-dealkylation sites (N-methyl/N-ethyl adjacent to an activating group) is 1. The maximum absolute atomic E-state index is 11.7. The van der Waals surface area contributed by atoms with Crippen LogP contribution in [0.15, 0.2) is 18.2 Å². The zero-order valence-corrected chi connectivity index (χ0v) is 11.6. The van der Waals surface area contributed by atoms with Crippen molar-refractivity contribution in [1.29, 1.82) is 0 Å². The normalized spacial score (nSPS) is 13.9. The molecule has 1 aromatic rings. The minimum atomic E-state index is -0.624. The van der Waals surface area contributed by atoms with Crippen molar-refractivity contribution in [1.82, 2.24) is 4.90 Å². The second-order valence-electron chi connectivity index (χ2n) is 4.71. The van der Waals surface area contributed by atoms with Crippen LogP contribution in [0.1, 0.15) is 31.1 Å². The topological polar surface area (TPSA) is 49.8 Å². The van der Waals surface area contributed by atoms with E-state index in [0.717, 1.165) is 5.56 Å². The van der Waals surface area contributed by atoms with Gasteiger partial charge >= 0.3 is 0 Å². The lowest BCUT2D eigenvalue weighted by Crippen LogP contribution is -2.35. The third-order valence-electron chi connectivity index (χ3n) is 2.71. The molecule has 1 amide bonds. The predicted molar refractivity (Wildman–Crippen MR) is 70.6 cm³/mol. The van der Waals surface area contributed by atoms with Crippen LogP contribution in [-0.4, -0.2) is 36.1 Å². The standard InChI is InChI=1S/C14H21NO3/c1-9-6-7-13(12(8-9)10(2)16)18-11(3)14(17)15(4)5/h6-8,10-11,16H,1-5H3. The summed E-state index contributed by atoms with van der Waals surface area (Å²) in [7, 11) is 3.37. The fourth-order valence-corrected chi connectivity index (χ4v) is 1.71. The molecule has 0 radical (unpaired) electrons. The van der Waals surface area contributed by atoms with E-state index in [0.29, 0.717) is 11.3 Å². The van der Waals surface area contributed by atoms with Gasteiger partial charge < -0.3 is 14.7 Å². The minimum absolute atomic E-state index is 0.105. The lowest BCUT2D eigenvalue weighted by atomic mass is 10.1. The third-order valence-corrected chi connectivity index (χ3v) is 2.71. The van der Waals surface area contributed by atoms with Gasteiger partial charge in [-0.3, -0.25) is 4.79 Å². The summed E-state index contributed by atoms with van der Waals surface area (Å²) in [6, 6.07) is 5.55. The molecule has 0 aliphatic heterocycles. The van der Waals surface area contributed by atoms with Crippen LogP contribution in [0.25, 0.3) is 0 Å². The summed E-state index contributed by atoms with van der Waals surface area (Å²) in [5, 5.41) is 9.71. The molecule has 2 unspecified atom stereocenters. The summed E-state index contributed by atoms with van der Waals surface area (Å²) in [6.45, 7) is 5.33. The first-order chi connectivity index (χ1) is 8.32. The van der Waals surface area contributed by atoms with Crippen LogP contribution < -0.4 is 4.74 Å². The molecule has 0 saturated carbocycles. The van der Waals surface area contributed by atoms with Crippen LogP contribution in [0.5, 0.6) is 5.75 Å². The number of rotatable bonds is 4. The smallest absolute Gasteiger partial charge is 0.262 e. The molecule has 0 aromatic heterocycles. The maximum atomic E-state index is 11.7. The van der Waals surface area contributed by atoms with Crippen molar-refractivity contribution in [3.05, 3.63) is 29.3 Å². The number of aliphatic hydroxyl groups excluding tert-OH is 1. The summed E-state index contributed by atoms with van der Waals surface area (Å²) in [4.78, 5) is 13.2. The number of carbonyl (C=O) groups excluding carboxylic acids is 1. The van der Waals surface area contributed by atoms with E-state index in [9.17, 15) is 9.90 Å². The number of aryl methyl sites for hydroxylation is 1. The largest absolute Gasteiger partial charge is 0.481 e. The number of nitrogens with zero attached hydrogens (tertiary/aromatic N) is 1. The van der Waals surface area contributed by atoms with Crippen LogP contribution in [0.3, 0.4) is 0 Å². The Bertz CT molecular complexity index is 427. The van der Waals surface area contributed by atoms with E-state index in [-0.39, 0.29) is 5.91 Å². The van der Waals surface area contributed by atoms with Crippen LogP contribution in [0.4, 0.5) is 0 Å². The van der Waals surface area contributed by atoms with Gasteiger partial charge in [-0.15, -0.1) is 0 Å². The molecule has 0 aliphatic carbocycles. The van der Waals surface area contributed by atoms with Crippen molar-refractivity contribution < 1.29 is 14.6 Å². The first-order valence-electron chi connectivity index (χ1n) is 5.99. The molecule has 0 bridgehead atoms. The van der Waals surface area contributed by atoms with Gasteiger partial charge in [0.2, 0.25) is 0 Å². The van der Waals surface area contributed by atoms with Crippen LogP contribution >= 0.6 is 0 Å². The monoisotopic (exact) mass is 251 g/mol. The molecular formula is C14H21NO3. The predicted octanol–water partition coefficient (Wildman–Crippen LogP) is 1.90. The highest BCUT2D eigenvalue weighted by Crippen LogP contribution is 2.27. The highest BCUT2D eigenvalue weighted by atomic mass is 16.5. The molecule has 1 rings (SSSR count). The van der Waals surface area contributed by atoms with Crippen molar-refractivity contribution in [2.75, 3.05) is 14.1 Å². The summed E-state index contributed by atoms with van der Waals surface area (Å²) in [5.41, 5.74) is 1.75. The lowest BCUT2D eigenvalue weighted by molar-refractivity contribution is -0.135. The molecule has 0 aliphatic rings. The Morgan fingerprint density at radius 3 is 2.44 bits per heavy atom. The number of aliphatic hydroxyl groups is 1. The van der Waals surface area contributed by atoms with Crippen molar-refractivity contribution in [3.63, 3.8) is 0 Å². The molecule has 0 heterocycles. The number of amides is 1. The van der Waals surface area contributed by atoms with Crippen LogP contribution in [0.2, 0.25) is 0 Å². The molecule has 2 atom stereocenters. The van der Waals surface area contributed by atoms with E-state index in [1.54, 1.807) is 34.0 Å². The quantitative estimate of drug-likeness (QED) is 0.889. The average Bonchev–Trinajstić information content (AvgIpc) is 2.29. The van der Waals surface area contributed by atoms with Gasteiger partial charge in [-0.2, -0.15) is 0 Å². The van der Waals surface area contributed by atoms with Crippen LogP contribution in [0, 0.1) is 6.92 Å². The molecule has 1 N–H and O–H groups in total. The zero-order chi connectivity index (χ0) is 13.9. The molecular weight excluding hydrogens is 230 g/mol. The Balaban J connectivity index is 2.94. The van der Waals surface area contributed by atoms with Gasteiger partial charge in [0.05, 0.1) is 6.10 Å². The second-order valence-corrected chi connectivity index (χ2v) is 4.71. The summed E-state index contributed by atoms with van der Waals surface area (Å²) in [6.07, 6.45) is -1.19. The zero-order valence-electron chi connectivity index (χ0n) is 11.6. The van der Waals surface area contributed by atoms with Crippen molar-refractivity contribution >= 4 is 5.91 Å². The number of ether oxygens (including phenoxy) is 1. The molecule has 0 fully saturated rings. The number of hydrogen-bond acceptors (Lipinski definition) is 3. The van der Waals surface area contributed by atoms with Gasteiger partial charge in [0.1, 0.15) is 5.75 Å². The Hall–Kier alpha value is -1.55. The van der Waals surface area contributed by atoms with E-state index in [4.69, 9.17) is 4.74 Å². The number of benzene rings is 1. The summed E-state index contributed by atoms with van der Waals surface area (Å²) < 4.78 is 5.63. The molecule has 0 saturated heterocycles. The third kappa shape index (κ3) is 3.47. The van der Waals surface area contributed by atoms with E-state index < -0.39 is 12.2 Å². The molecule has 0 spiro atoms. The molecule has 4 heteroatoms. The minimum Gasteiger partial charge on any atom is -0.481 e. The number of hydrogen-bond donors (Lipinski definition) is 1. The average molecular weight is 251 g/mol. The Kier molecular flexibility index (Phi) is 4.73. The van der Waals surface area contributed by atoms with E-state index in [1.807, 2.05) is 19.1 Å². The first kappa shape index (κ1) is 14.5. The molecule has 100 valence electrons. The molecule has 1 aromatic carbocycles. The Labute approximate surface area is 108 Å². The fraction of sp³-hybridized carbons (Fsp3) is 0.500. The van der Waals surface area contributed by atoms with Gasteiger partial charge in [-0.25, -0.2) is 0 Å². The highest BCUT2D eigenvalue weighted by Gasteiger charge is 2.19. The van der Waals surface area contributed by atoms with Gasteiger partial charge in [0.15, 0.2) is 6.10 Å². The van der Waals surface area contributed by atoms with Gasteiger partial charge in [-0.1, -0.05) is 11.6 Å². The van der Waals surface area contributed by atoms with Crippen molar-refractivity contribution in [2.45, 2.75) is 33.0 Å². The second kappa shape index (κ2) is 5.87. The van der Waals surface area contributed by atoms with Crippen molar-refractivity contribution in [2.24, 2.45) is 0 Å². The van der Waals surface area contributed by atoms with Gasteiger partial charge in [-0.05, 0) is 32.9 Å². The summed E-state index contributed by atoms with van der Waals surface area (Å²) >= 11 is 0. The fourth-order valence-electron chi connectivity index (χ4n) is 1.71. The first-order valence-corrected chi connectivity index (χ1v) is 5.99.